The molecular formula is C18H17ClN4O3. The lowest BCUT2D eigenvalue weighted by Gasteiger charge is -2.06. The van der Waals surface area contributed by atoms with E-state index in [2.05, 4.69) is 20.8 Å². The first-order valence-corrected chi connectivity index (χ1v) is 8.39. The lowest BCUT2D eigenvalue weighted by molar-refractivity contribution is 0.0698. The minimum Gasteiger partial charge on any atom is -0.477 e. The van der Waals surface area contributed by atoms with Gasteiger partial charge in [0.15, 0.2) is 17.1 Å². The Bertz CT molecular complexity index is 866. The molecule has 0 atom stereocenters. The molecule has 7 nitrogen and oxygen atoms in total. The van der Waals surface area contributed by atoms with E-state index in [9.17, 15) is 9.90 Å². The molecule has 3 N–H and O–H groups in total. The standard InChI is InChI=1S/C18H17ClN4O3/c19-13-6-4-12(5-7-13)16-15(18(24)25)17(23-26-16)22-10-2-9-21-14-3-1-8-20-11-14/h1,3-8,11,21H,2,9-10H2,(H,22,23)(H,24,25). The highest BCUT2D eigenvalue weighted by atomic mass is 35.5. The summed E-state index contributed by atoms with van der Waals surface area (Å²) in [5.74, 6) is -0.693. The van der Waals surface area contributed by atoms with Crippen molar-refractivity contribution >= 4 is 29.1 Å². The van der Waals surface area contributed by atoms with Crippen molar-refractivity contribution in [3.63, 3.8) is 0 Å². The molecule has 134 valence electrons. The highest BCUT2D eigenvalue weighted by Gasteiger charge is 2.23. The first kappa shape index (κ1) is 17.8. The van der Waals surface area contributed by atoms with Crippen molar-refractivity contribution < 1.29 is 14.4 Å². The summed E-state index contributed by atoms with van der Waals surface area (Å²) >= 11 is 5.86. The number of carboxylic acid groups (broad SMARTS) is 1. The van der Waals surface area contributed by atoms with E-state index < -0.39 is 5.97 Å². The SMILES string of the molecule is O=C(O)c1c(NCCCNc2cccnc2)noc1-c1ccc(Cl)cc1. The maximum absolute atomic E-state index is 11.6. The topological polar surface area (TPSA) is 100 Å². The van der Waals surface area contributed by atoms with Crippen LogP contribution >= 0.6 is 11.6 Å². The molecule has 8 heteroatoms. The van der Waals surface area contributed by atoms with Crippen molar-refractivity contribution in [3.8, 4) is 11.3 Å². The Labute approximate surface area is 155 Å². The van der Waals surface area contributed by atoms with Gasteiger partial charge in [-0.05, 0) is 42.8 Å². The van der Waals surface area contributed by atoms with Gasteiger partial charge >= 0.3 is 5.97 Å². The van der Waals surface area contributed by atoms with Crippen molar-refractivity contribution in [2.24, 2.45) is 0 Å². The Morgan fingerprint density at radius 1 is 1.15 bits per heavy atom. The minimum atomic E-state index is -1.10. The second-order valence-corrected chi connectivity index (χ2v) is 5.93. The number of pyridine rings is 1. The fourth-order valence-corrected chi connectivity index (χ4v) is 2.53. The van der Waals surface area contributed by atoms with Crippen LogP contribution in [0.25, 0.3) is 11.3 Å². The van der Waals surface area contributed by atoms with E-state index in [1.54, 1.807) is 36.7 Å². The summed E-state index contributed by atoms with van der Waals surface area (Å²) in [6, 6.07) is 10.5. The van der Waals surface area contributed by atoms with Gasteiger partial charge in [-0.15, -0.1) is 0 Å². The Morgan fingerprint density at radius 3 is 2.62 bits per heavy atom. The Kier molecular flexibility index (Phi) is 5.70. The number of aromatic nitrogens is 2. The average molecular weight is 373 g/mol. The van der Waals surface area contributed by atoms with E-state index in [4.69, 9.17) is 16.1 Å². The van der Waals surface area contributed by atoms with E-state index in [0.29, 0.717) is 23.7 Å². The van der Waals surface area contributed by atoms with Crippen LogP contribution in [0.15, 0.2) is 53.3 Å². The summed E-state index contributed by atoms with van der Waals surface area (Å²) in [5.41, 5.74) is 1.54. The highest BCUT2D eigenvalue weighted by Crippen LogP contribution is 2.30. The molecule has 0 aliphatic heterocycles. The number of anilines is 2. The van der Waals surface area contributed by atoms with Crippen molar-refractivity contribution in [3.05, 3.63) is 59.4 Å². The van der Waals surface area contributed by atoms with Crippen molar-refractivity contribution in [2.45, 2.75) is 6.42 Å². The maximum atomic E-state index is 11.6. The van der Waals surface area contributed by atoms with E-state index in [1.807, 2.05) is 12.1 Å². The minimum absolute atomic E-state index is 0.00698. The van der Waals surface area contributed by atoms with Gasteiger partial charge < -0.3 is 20.3 Å². The largest absolute Gasteiger partial charge is 0.477 e. The quantitative estimate of drug-likeness (QED) is 0.514. The van der Waals surface area contributed by atoms with Gasteiger partial charge in [-0.25, -0.2) is 4.79 Å². The average Bonchev–Trinajstić information content (AvgIpc) is 3.07. The van der Waals surface area contributed by atoms with Gasteiger partial charge in [-0.2, -0.15) is 0 Å². The third-order valence-electron chi connectivity index (χ3n) is 3.65. The Hall–Kier alpha value is -3.06. The number of carboxylic acids is 1. The fraction of sp³-hybridized carbons (Fsp3) is 0.167. The predicted molar refractivity (Wildman–Crippen MR) is 99.7 cm³/mol. The molecule has 0 aliphatic carbocycles. The molecule has 0 spiro atoms. The zero-order valence-corrected chi connectivity index (χ0v) is 14.5. The molecule has 2 heterocycles. The van der Waals surface area contributed by atoms with Gasteiger partial charge in [0.1, 0.15) is 0 Å². The number of aromatic carboxylic acids is 1. The smallest absolute Gasteiger partial charge is 0.343 e. The predicted octanol–water partition coefficient (Wildman–Crippen LogP) is 4.00. The zero-order valence-electron chi connectivity index (χ0n) is 13.8. The Morgan fingerprint density at radius 2 is 1.92 bits per heavy atom. The monoisotopic (exact) mass is 372 g/mol. The normalized spacial score (nSPS) is 10.5. The summed E-state index contributed by atoms with van der Waals surface area (Å²) in [6.07, 6.45) is 4.21. The third-order valence-corrected chi connectivity index (χ3v) is 3.90. The summed E-state index contributed by atoms with van der Waals surface area (Å²) in [6.45, 7) is 1.25. The number of carbonyl (C=O) groups is 1. The van der Waals surface area contributed by atoms with Gasteiger partial charge in [-0.3, -0.25) is 4.98 Å². The number of nitrogens with one attached hydrogen (secondary N) is 2. The van der Waals surface area contributed by atoms with Crippen LogP contribution in [0.4, 0.5) is 11.5 Å². The number of rotatable bonds is 8. The molecule has 0 radical (unpaired) electrons. The molecule has 0 aliphatic rings. The van der Waals surface area contributed by atoms with Crippen LogP contribution in [0.2, 0.25) is 5.02 Å². The maximum Gasteiger partial charge on any atom is 0.343 e. The van der Waals surface area contributed by atoms with Crippen LogP contribution in [-0.4, -0.2) is 34.3 Å². The van der Waals surface area contributed by atoms with Gasteiger partial charge in [0.2, 0.25) is 0 Å². The number of hydrogen-bond acceptors (Lipinski definition) is 6. The van der Waals surface area contributed by atoms with E-state index in [-0.39, 0.29) is 17.1 Å². The molecule has 26 heavy (non-hydrogen) atoms. The summed E-state index contributed by atoms with van der Waals surface area (Å²) in [5, 5.41) is 20.2. The van der Waals surface area contributed by atoms with Gasteiger partial charge in [-0.1, -0.05) is 16.8 Å². The van der Waals surface area contributed by atoms with Crippen molar-refractivity contribution in [1.29, 1.82) is 0 Å². The number of nitrogens with zero attached hydrogens (tertiary/aromatic N) is 2. The molecule has 0 saturated carbocycles. The molecule has 0 amide bonds. The first-order chi connectivity index (χ1) is 12.6. The summed E-state index contributed by atoms with van der Waals surface area (Å²) < 4.78 is 5.25. The summed E-state index contributed by atoms with van der Waals surface area (Å²) in [7, 11) is 0. The van der Waals surface area contributed by atoms with Crippen LogP contribution in [-0.2, 0) is 0 Å². The number of halogens is 1. The second kappa shape index (κ2) is 8.35. The van der Waals surface area contributed by atoms with Crippen LogP contribution in [0.1, 0.15) is 16.8 Å². The molecular weight excluding hydrogens is 356 g/mol. The molecule has 1 aromatic carbocycles. The van der Waals surface area contributed by atoms with E-state index in [0.717, 1.165) is 12.1 Å². The van der Waals surface area contributed by atoms with E-state index in [1.165, 1.54) is 0 Å². The first-order valence-electron chi connectivity index (χ1n) is 8.02. The molecule has 0 bridgehead atoms. The highest BCUT2D eigenvalue weighted by molar-refractivity contribution is 6.30. The van der Waals surface area contributed by atoms with Gasteiger partial charge in [0, 0.05) is 36.1 Å². The van der Waals surface area contributed by atoms with Gasteiger partial charge in [0.25, 0.3) is 0 Å². The molecule has 3 aromatic rings. The lowest BCUT2D eigenvalue weighted by atomic mass is 10.1. The Balaban J connectivity index is 1.61. The molecule has 3 rings (SSSR count). The van der Waals surface area contributed by atoms with Crippen LogP contribution in [0.5, 0.6) is 0 Å². The molecule has 2 aromatic heterocycles. The molecule has 0 fully saturated rings. The summed E-state index contributed by atoms with van der Waals surface area (Å²) in [4.78, 5) is 15.7. The van der Waals surface area contributed by atoms with Crippen LogP contribution in [0.3, 0.4) is 0 Å². The fourth-order valence-electron chi connectivity index (χ4n) is 2.40. The van der Waals surface area contributed by atoms with Crippen molar-refractivity contribution in [2.75, 3.05) is 23.7 Å². The molecule has 0 saturated heterocycles. The van der Waals surface area contributed by atoms with E-state index >= 15 is 0 Å². The number of hydrogen-bond donors (Lipinski definition) is 3. The van der Waals surface area contributed by atoms with Crippen LogP contribution in [0, 0.1) is 0 Å². The van der Waals surface area contributed by atoms with Gasteiger partial charge in [0.05, 0.1) is 5.69 Å². The molecule has 0 unspecified atom stereocenters. The van der Waals surface area contributed by atoms with Crippen molar-refractivity contribution in [1.82, 2.24) is 10.1 Å². The second-order valence-electron chi connectivity index (χ2n) is 5.50. The van der Waals surface area contributed by atoms with Crippen LogP contribution < -0.4 is 10.6 Å². The lowest BCUT2D eigenvalue weighted by Crippen LogP contribution is -2.11. The number of benzene rings is 1. The zero-order chi connectivity index (χ0) is 18.4. The third kappa shape index (κ3) is 4.31.